The number of aromatic hydroxyl groups is 3. The molecule has 98 valence electrons. The minimum atomic E-state index is -0.186. The van der Waals surface area contributed by atoms with Crippen molar-refractivity contribution in [2.45, 2.75) is 12.8 Å². The van der Waals surface area contributed by atoms with E-state index in [4.69, 9.17) is 5.11 Å². The minimum absolute atomic E-state index is 0.0347. The van der Waals surface area contributed by atoms with Crippen molar-refractivity contribution in [3.05, 3.63) is 53.6 Å². The monoisotopic (exact) mass is 258 g/mol. The fraction of sp³-hybridized carbons (Fsp3) is 0.133. The van der Waals surface area contributed by atoms with Crippen LogP contribution in [0, 0.1) is 0 Å². The van der Waals surface area contributed by atoms with Crippen LogP contribution < -0.4 is 0 Å². The average Bonchev–Trinajstić information content (AvgIpc) is 2.40. The predicted octanol–water partition coefficient (Wildman–Crippen LogP) is 2.62. The van der Waals surface area contributed by atoms with Gasteiger partial charge in [-0.05, 0) is 48.4 Å². The Bertz CT molecular complexity index is 588. The lowest BCUT2D eigenvalue weighted by atomic mass is 10.0. The first kappa shape index (κ1) is 13.0. The molecule has 0 aliphatic heterocycles. The van der Waals surface area contributed by atoms with E-state index in [1.165, 1.54) is 24.3 Å². The second-order valence-electron chi connectivity index (χ2n) is 4.29. The highest BCUT2D eigenvalue weighted by molar-refractivity contribution is 5.96. The fourth-order valence-corrected chi connectivity index (χ4v) is 1.77. The van der Waals surface area contributed by atoms with Crippen LogP contribution in [0.4, 0.5) is 0 Å². The predicted molar refractivity (Wildman–Crippen MR) is 70.5 cm³/mol. The lowest BCUT2D eigenvalue weighted by molar-refractivity contribution is 0.0983. The Labute approximate surface area is 110 Å². The third kappa shape index (κ3) is 3.25. The number of carbonyl (C=O) groups excluding carboxylic acids is 1. The summed E-state index contributed by atoms with van der Waals surface area (Å²) in [6.45, 7) is 0. The Morgan fingerprint density at radius 1 is 0.895 bits per heavy atom. The molecule has 4 heteroatoms. The van der Waals surface area contributed by atoms with Gasteiger partial charge in [0.2, 0.25) is 0 Å². The molecular weight excluding hydrogens is 244 g/mol. The Morgan fingerprint density at radius 2 is 1.58 bits per heavy atom. The summed E-state index contributed by atoms with van der Waals surface area (Å²) < 4.78 is 0. The van der Waals surface area contributed by atoms with Crippen molar-refractivity contribution in [3.8, 4) is 17.2 Å². The van der Waals surface area contributed by atoms with Gasteiger partial charge in [-0.2, -0.15) is 0 Å². The highest BCUT2D eigenvalue weighted by Crippen LogP contribution is 2.25. The van der Waals surface area contributed by atoms with Crippen LogP contribution in [-0.2, 0) is 6.42 Å². The molecule has 2 aromatic rings. The van der Waals surface area contributed by atoms with Crippen molar-refractivity contribution < 1.29 is 20.1 Å². The number of ketones is 1. The van der Waals surface area contributed by atoms with Crippen LogP contribution in [0.25, 0.3) is 0 Å². The van der Waals surface area contributed by atoms with Crippen LogP contribution in [0.2, 0.25) is 0 Å². The van der Waals surface area contributed by atoms with Gasteiger partial charge in [0.15, 0.2) is 17.3 Å². The van der Waals surface area contributed by atoms with Crippen LogP contribution in [0.1, 0.15) is 22.3 Å². The molecule has 0 saturated heterocycles. The molecule has 0 atom stereocenters. The first-order valence-electron chi connectivity index (χ1n) is 5.89. The highest BCUT2D eigenvalue weighted by atomic mass is 16.3. The topological polar surface area (TPSA) is 77.8 Å². The second-order valence-corrected chi connectivity index (χ2v) is 4.29. The van der Waals surface area contributed by atoms with Gasteiger partial charge in [-0.25, -0.2) is 0 Å². The first-order chi connectivity index (χ1) is 9.06. The van der Waals surface area contributed by atoms with E-state index >= 15 is 0 Å². The van der Waals surface area contributed by atoms with Gasteiger partial charge >= 0.3 is 0 Å². The van der Waals surface area contributed by atoms with Crippen molar-refractivity contribution in [2.24, 2.45) is 0 Å². The summed E-state index contributed by atoms with van der Waals surface area (Å²) in [6.07, 6.45) is 0.780. The Kier molecular flexibility index (Phi) is 3.71. The summed E-state index contributed by atoms with van der Waals surface area (Å²) in [4.78, 5) is 11.9. The number of phenolic OH excluding ortho intramolecular Hbond substituents is 3. The van der Waals surface area contributed by atoms with E-state index < -0.39 is 0 Å². The normalized spacial score (nSPS) is 10.3. The molecule has 0 aromatic heterocycles. The maximum atomic E-state index is 11.9. The SMILES string of the molecule is O=C(CCc1ccc(O)c(O)c1)c1ccc(O)cc1. The van der Waals surface area contributed by atoms with Crippen molar-refractivity contribution in [1.82, 2.24) is 0 Å². The maximum Gasteiger partial charge on any atom is 0.163 e. The van der Waals surface area contributed by atoms with E-state index in [2.05, 4.69) is 0 Å². The Balaban J connectivity index is 2.00. The van der Waals surface area contributed by atoms with E-state index in [9.17, 15) is 15.0 Å². The van der Waals surface area contributed by atoms with Crippen LogP contribution in [0.5, 0.6) is 17.2 Å². The van der Waals surface area contributed by atoms with Gasteiger partial charge in [-0.3, -0.25) is 4.79 Å². The van der Waals surface area contributed by atoms with Crippen molar-refractivity contribution in [3.63, 3.8) is 0 Å². The van der Waals surface area contributed by atoms with Crippen LogP contribution in [-0.4, -0.2) is 21.1 Å². The molecule has 0 fully saturated rings. The van der Waals surface area contributed by atoms with Crippen molar-refractivity contribution >= 4 is 5.78 Å². The van der Waals surface area contributed by atoms with Gasteiger partial charge < -0.3 is 15.3 Å². The zero-order valence-corrected chi connectivity index (χ0v) is 10.2. The van der Waals surface area contributed by atoms with Crippen molar-refractivity contribution in [1.29, 1.82) is 0 Å². The number of phenols is 3. The van der Waals surface area contributed by atoms with E-state index in [1.807, 2.05) is 0 Å². The minimum Gasteiger partial charge on any atom is -0.508 e. The maximum absolute atomic E-state index is 11.9. The molecule has 0 heterocycles. The lowest BCUT2D eigenvalue weighted by Crippen LogP contribution is -2.00. The largest absolute Gasteiger partial charge is 0.508 e. The molecule has 0 spiro atoms. The smallest absolute Gasteiger partial charge is 0.163 e. The molecule has 0 radical (unpaired) electrons. The van der Waals surface area contributed by atoms with Gasteiger partial charge in [-0.15, -0.1) is 0 Å². The molecule has 0 amide bonds. The number of hydrogen-bond acceptors (Lipinski definition) is 4. The number of benzene rings is 2. The number of Topliss-reactive ketones (excluding diaryl/α,β-unsaturated/α-hetero) is 1. The molecule has 0 aliphatic carbocycles. The molecule has 0 unspecified atom stereocenters. The van der Waals surface area contributed by atoms with Gasteiger partial charge in [0, 0.05) is 12.0 Å². The Hall–Kier alpha value is -2.49. The average molecular weight is 258 g/mol. The first-order valence-corrected chi connectivity index (χ1v) is 5.89. The highest BCUT2D eigenvalue weighted by Gasteiger charge is 2.07. The number of carbonyl (C=O) groups is 1. The lowest BCUT2D eigenvalue weighted by Gasteiger charge is -2.04. The second kappa shape index (κ2) is 5.44. The van der Waals surface area contributed by atoms with E-state index in [0.717, 1.165) is 5.56 Å². The van der Waals surface area contributed by atoms with E-state index in [-0.39, 0.29) is 23.0 Å². The molecular formula is C15H14O4. The summed E-state index contributed by atoms with van der Waals surface area (Å²) in [5, 5.41) is 27.7. The van der Waals surface area contributed by atoms with E-state index in [0.29, 0.717) is 18.4 Å². The van der Waals surface area contributed by atoms with Gasteiger partial charge in [0.25, 0.3) is 0 Å². The number of aryl methyl sites for hydroxylation is 1. The molecule has 0 aliphatic rings. The third-order valence-electron chi connectivity index (χ3n) is 2.87. The number of hydrogen-bond donors (Lipinski definition) is 3. The molecule has 2 rings (SSSR count). The summed E-state index contributed by atoms with van der Waals surface area (Å²) in [5.74, 6) is -0.268. The Morgan fingerprint density at radius 3 is 2.21 bits per heavy atom. The third-order valence-corrected chi connectivity index (χ3v) is 2.87. The summed E-state index contributed by atoms with van der Waals surface area (Å²) in [5.41, 5.74) is 1.32. The quantitative estimate of drug-likeness (QED) is 0.582. The van der Waals surface area contributed by atoms with Crippen LogP contribution in [0.3, 0.4) is 0 Å². The number of rotatable bonds is 4. The summed E-state index contributed by atoms with van der Waals surface area (Å²) in [7, 11) is 0. The molecule has 4 nitrogen and oxygen atoms in total. The van der Waals surface area contributed by atoms with Gasteiger partial charge in [-0.1, -0.05) is 6.07 Å². The van der Waals surface area contributed by atoms with Crippen LogP contribution >= 0.6 is 0 Å². The fourth-order valence-electron chi connectivity index (χ4n) is 1.77. The molecule has 0 bridgehead atoms. The standard InChI is InChI=1S/C15H14O4/c16-12-5-3-11(4-6-12)13(17)7-1-10-2-8-14(18)15(19)9-10/h2-6,8-9,16,18-19H,1,7H2. The molecule has 2 aromatic carbocycles. The van der Waals surface area contributed by atoms with Gasteiger partial charge in [0.1, 0.15) is 5.75 Å². The van der Waals surface area contributed by atoms with E-state index in [1.54, 1.807) is 18.2 Å². The summed E-state index contributed by atoms with van der Waals surface area (Å²) in [6, 6.07) is 10.6. The van der Waals surface area contributed by atoms with Crippen LogP contribution in [0.15, 0.2) is 42.5 Å². The van der Waals surface area contributed by atoms with Crippen molar-refractivity contribution in [2.75, 3.05) is 0 Å². The zero-order valence-electron chi connectivity index (χ0n) is 10.2. The van der Waals surface area contributed by atoms with Gasteiger partial charge in [0.05, 0.1) is 0 Å². The molecule has 19 heavy (non-hydrogen) atoms. The zero-order chi connectivity index (χ0) is 13.8. The molecule has 0 saturated carbocycles. The molecule has 3 N–H and O–H groups in total. The summed E-state index contributed by atoms with van der Waals surface area (Å²) >= 11 is 0.